The van der Waals surface area contributed by atoms with Gasteiger partial charge in [-0.3, -0.25) is 4.90 Å². The Bertz CT molecular complexity index is 990. The molecule has 0 radical (unpaired) electrons. The fraction of sp³-hybridized carbons (Fsp3) is 0.409. The van der Waals surface area contributed by atoms with Crippen LogP contribution >= 0.6 is 0 Å². The number of halogens is 1. The molecule has 3 rings (SSSR count). The Labute approximate surface area is 182 Å². The molecule has 2 aromatic rings. The van der Waals surface area contributed by atoms with Crippen molar-refractivity contribution in [1.82, 2.24) is 10.2 Å². The Balaban J connectivity index is 1.60. The van der Waals surface area contributed by atoms with Gasteiger partial charge in [0.1, 0.15) is 5.82 Å². The van der Waals surface area contributed by atoms with E-state index in [0.717, 1.165) is 31.6 Å². The number of amides is 2. The van der Waals surface area contributed by atoms with Gasteiger partial charge in [0.15, 0.2) is 0 Å². The van der Waals surface area contributed by atoms with Crippen LogP contribution in [0.1, 0.15) is 20.3 Å². The standard InChI is InChI=1S/C22H28FN3O4S/c1-3-22(2,26-12-14-30-15-13-26)16-24-21(27)25-18-6-10-20(11-7-18)31(28,29)19-8-4-17(23)5-9-19/h4-11H,3,12-16H2,1-2H3,(H2,24,25,27)/t22-/m0/s1. The number of hydrogen-bond donors (Lipinski definition) is 2. The Kier molecular flexibility index (Phi) is 7.30. The Morgan fingerprint density at radius 3 is 2.16 bits per heavy atom. The highest BCUT2D eigenvalue weighted by Crippen LogP contribution is 2.23. The van der Waals surface area contributed by atoms with Crippen molar-refractivity contribution >= 4 is 21.6 Å². The first-order valence-corrected chi connectivity index (χ1v) is 11.7. The van der Waals surface area contributed by atoms with Crippen LogP contribution in [0.25, 0.3) is 0 Å². The van der Waals surface area contributed by atoms with Crippen LogP contribution < -0.4 is 10.6 Å². The average molecular weight is 450 g/mol. The lowest BCUT2D eigenvalue weighted by atomic mass is 9.95. The third-order valence-electron chi connectivity index (χ3n) is 5.71. The summed E-state index contributed by atoms with van der Waals surface area (Å²) in [6.07, 6.45) is 0.878. The maximum atomic E-state index is 13.1. The van der Waals surface area contributed by atoms with Crippen LogP contribution in [0.2, 0.25) is 0 Å². The third kappa shape index (κ3) is 5.61. The smallest absolute Gasteiger partial charge is 0.319 e. The molecule has 9 heteroatoms. The monoisotopic (exact) mass is 449 g/mol. The molecule has 1 atom stereocenters. The van der Waals surface area contributed by atoms with E-state index in [1.54, 1.807) is 0 Å². The summed E-state index contributed by atoms with van der Waals surface area (Å²) in [5, 5.41) is 5.64. The van der Waals surface area contributed by atoms with E-state index in [0.29, 0.717) is 25.4 Å². The van der Waals surface area contributed by atoms with E-state index in [1.807, 2.05) is 0 Å². The summed E-state index contributed by atoms with van der Waals surface area (Å²) in [6.45, 7) is 7.73. The number of rotatable bonds is 7. The van der Waals surface area contributed by atoms with Gasteiger partial charge in [-0.2, -0.15) is 0 Å². The first-order valence-electron chi connectivity index (χ1n) is 10.2. The fourth-order valence-corrected chi connectivity index (χ4v) is 4.74. The summed E-state index contributed by atoms with van der Waals surface area (Å²) in [5.41, 5.74) is 0.300. The molecule has 0 saturated carbocycles. The van der Waals surface area contributed by atoms with Gasteiger partial charge in [0.05, 0.1) is 23.0 Å². The molecule has 7 nitrogen and oxygen atoms in total. The number of carbonyl (C=O) groups excluding carboxylic acids is 1. The van der Waals surface area contributed by atoms with Gasteiger partial charge in [-0.25, -0.2) is 17.6 Å². The maximum Gasteiger partial charge on any atom is 0.319 e. The molecule has 31 heavy (non-hydrogen) atoms. The minimum atomic E-state index is -3.76. The molecule has 1 saturated heterocycles. The summed E-state index contributed by atoms with van der Waals surface area (Å²) in [6, 6.07) is 10.2. The number of nitrogens with one attached hydrogen (secondary N) is 2. The van der Waals surface area contributed by atoms with E-state index in [9.17, 15) is 17.6 Å². The zero-order valence-electron chi connectivity index (χ0n) is 17.7. The van der Waals surface area contributed by atoms with Crippen molar-refractivity contribution in [2.75, 3.05) is 38.2 Å². The topological polar surface area (TPSA) is 87.7 Å². The molecule has 2 amide bonds. The van der Waals surface area contributed by atoms with Crippen molar-refractivity contribution in [3.63, 3.8) is 0 Å². The number of nitrogens with zero attached hydrogens (tertiary/aromatic N) is 1. The second kappa shape index (κ2) is 9.76. The molecular formula is C22H28FN3O4S. The largest absolute Gasteiger partial charge is 0.379 e. The highest BCUT2D eigenvalue weighted by molar-refractivity contribution is 7.91. The van der Waals surface area contributed by atoms with E-state index in [-0.39, 0.29) is 21.4 Å². The zero-order chi connectivity index (χ0) is 22.5. The first kappa shape index (κ1) is 23.2. The molecule has 0 aliphatic carbocycles. The van der Waals surface area contributed by atoms with Crippen molar-refractivity contribution in [2.45, 2.75) is 35.6 Å². The molecule has 2 aromatic carbocycles. The third-order valence-corrected chi connectivity index (χ3v) is 7.50. The van der Waals surface area contributed by atoms with Gasteiger partial charge in [-0.15, -0.1) is 0 Å². The molecule has 1 heterocycles. The highest BCUT2D eigenvalue weighted by atomic mass is 32.2. The SMILES string of the molecule is CC[C@@](C)(CNC(=O)Nc1ccc(S(=O)(=O)c2ccc(F)cc2)cc1)N1CCOCC1. The predicted octanol–water partition coefficient (Wildman–Crippen LogP) is 3.28. The van der Waals surface area contributed by atoms with E-state index >= 15 is 0 Å². The maximum absolute atomic E-state index is 13.1. The van der Waals surface area contributed by atoms with Crippen molar-refractivity contribution in [1.29, 1.82) is 0 Å². The van der Waals surface area contributed by atoms with E-state index in [4.69, 9.17) is 4.74 Å². The summed E-state index contributed by atoms with van der Waals surface area (Å²) >= 11 is 0. The van der Waals surface area contributed by atoms with Crippen LogP contribution in [0.15, 0.2) is 58.3 Å². The molecule has 0 unspecified atom stereocenters. The molecule has 1 aliphatic rings. The Morgan fingerprint density at radius 2 is 1.61 bits per heavy atom. The fourth-order valence-electron chi connectivity index (χ4n) is 3.48. The van der Waals surface area contributed by atoms with Crippen LogP contribution in [0.3, 0.4) is 0 Å². The lowest BCUT2D eigenvalue weighted by molar-refractivity contribution is -0.0163. The summed E-state index contributed by atoms with van der Waals surface area (Å²) in [4.78, 5) is 14.8. The first-order chi connectivity index (χ1) is 14.7. The lowest BCUT2D eigenvalue weighted by Gasteiger charge is -2.43. The second-order valence-electron chi connectivity index (χ2n) is 7.74. The number of carbonyl (C=O) groups is 1. The Hall–Kier alpha value is -2.49. The van der Waals surface area contributed by atoms with Gasteiger partial charge in [0.2, 0.25) is 9.84 Å². The summed E-state index contributed by atoms with van der Waals surface area (Å²) in [7, 11) is -3.76. The molecule has 0 aromatic heterocycles. The van der Waals surface area contributed by atoms with Gasteiger partial charge in [0.25, 0.3) is 0 Å². The second-order valence-corrected chi connectivity index (χ2v) is 9.69. The molecule has 168 valence electrons. The van der Waals surface area contributed by atoms with Crippen molar-refractivity contribution in [3.8, 4) is 0 Å². The van der Waals surface area contributed by atoms with Crippen LogP contribution in [0.4, 0.5) is 14.9 Å². The van der Waals surface area contributed by atoms with Crippen molar-refractivity contribution in [2.24, 2.45) is 0 Å². The number of anilines is 1. The van der Waals surface area contributed by atoms with E-state index in [2.05, 4.69) is 29.4 Å². The van der Waals surface area contributed by atoms with Gasteiger partial charge in [-0.1, -0.05) is 6.92 Å². The quantitative estimate of drug-likeness (QED) is 0.634. The predicted molar refractivity (Wildman–Crippen MR) is 116 cm³/mol. The van der Waals surface area contributed by atoms with Gasteiger partial charge in [-0.05, 0) is 61.9 Å². The van der Waals surface area contributed by atoms with Crippen LogP contribution in [-0.2, 0) is 14.6 Å². The molecule has 1 fully saturated rings. The summed E-state index contributed by atoms with van der Waals surface area (Å²) < 4.78 is 43.8. The minimum absolute atomic E-state index is 0.00863. The Morgan fingerprint density at radius 1 is 1.06 bits per heavy atom. The molecule has 2 N–H and O–H groups in total. The average Bonchev–Trinajstić information content (AvgIpc) is 2.79. The van der Waals surface area contributed by atoms with Crippen LogP contribution in [0, 0.1) is 5.82 Å². The van der Waals surface area contributed by atoms with Crippen LogP contribution in [0.5, 0.6) is 0 Å². The molecule has 1 aliphatic heterocycles. The molecular weight excluding hydrogens is 421 g/mol. The molecule has 0 bridgehead atoms. The number of morpholine rings is 1. The molecule has 0 spiro atoms. The minimum Gasteiger partial charge on any atom is -0.379 e. The summed E-state index contributed by atoms with van der Waals surface area (Å²) in [5.74, 6) is -0.502. The highest BCUT2D eigenvalue weighted by Gasteiger charge is 2.31. The van der Waals surface area contributed by atoms with E-state index < -0.39 is 15.7 Å². The number of hydrogen-bond acceptors (Lipinski definition) is 5. The number of benzene rings is 2. The van der Waals surface area contributed by atoms with Crippen molar-refractivity contribution in [3.05, 3.63) is 54.3 Å². The van der Waals surface area contributed by atoms with Gasteiger partial charge >= 0.3 is 6.03 Å². The number of ether oxygens (including phenoxy) is 1. The van der Waals surface area contributed by atoms with Crippen LogP contribution in [-0.4, -0.2) is 57.7 Å². The van der Waals surface area contributed by atoms with Crippen molar-refractivity contribution < 1.29 is 22.3 Å². The number of urea groups is 1. The zero-order valence-corrected chi connectivity index (χ0v) is 18.5. The van der Waals surface area contributed by atoms with Gasteiger partial charge < -0.3 is 15.4 Å². The van der Waals surface area contributed by atoms with Gasteiger partial charge in [0, 0.05) is 30.9 Å². The lowest BCUT2D eigenvalue weighted by Crippen LogP contribution is -2.57. The van der Waals surface area contributed by atoms with E-state index in [1.165, 1.54) is 36.4 Å². The number of sulfone groups is 1. The normalized spacial score (nSPS) is 17.0.